The third-order valence-electron chi connectivity index (χ3n) is 4.37. The lowest BCUT2D eigenvalue weighted by atomic mass is 10.2. The number of likely N-dealkylation sites (tertiary alicyclic amines) is 1. The molecule has 27 heavy (non-hydrogen) atoms. The minimum Gasteiger partial charge on any atom is -0.497 e. The van der Waals surface area contributed by atoms with E-state index in [2.05, 4.69) is 4.72 Å². The molecule has 2 aromatic rings. The Bertz CT molecular complexity index is 913. The molecule has 0 bridgehead atoms. The zero-order chi connectivity index (χ0) is 19.3. The van der Waals surface area contributed by atoms with Gasteiger partial charge < -0.3 is 9.64 Å². The van der Waals surface area contributed by atoms with Gasteiger partial charge in [0.1, 0.15) is 5.75 Å². The van der Waals surface area contributed by atoms with Crippen molar-refractivity contribution >= 4 is 27.7 Å². The number of ether oxygens (including phenoxy) is 1. The molecule has 0 aliphatic carbocycles. The minimum absolute atomic E-state index is 0.00892. The largest absolute Gasteiger partial charge is 0.497 e. The molecule has 142 valence electrons. The highest BCUT2D eigenvalue weighted by atomic mass is 32.2. The molecule has 1 aliphatic heterocycles. The zero-order valence-corrected chi connectivity index (χ0v) is 15.9. The van der Waals surface area contributed by atoms with Crippen molar-refractivity contribution in [3.05, 3.63) is 60.2 Å². The molecule has 1 N–H and O–H groups in total. The van der Waals surface area contributed by atoms with Gasteiger partial charge in [0.25, 0.3) is 10.0 Å². The molecule has 1 fully saturated rings. The number of nitrogens with one attached hydrogen (secondary N) is 1. The number of anilines is 1. The van der Waals surface area contributed by atoms with Crippen LogP contribution in [0.2, 0.25) is 0 Å². The van der Waals surface area contributed by atoms with Crippen LogP contribution in [0.3, 0.4) is 0 Å². The van der Waals surface area contributed by atoms with Crippen LogP contribution < -0.4 is 9.46 Å². The first kappa shape index (κ1) is 19.0. The Hall–Kier alpha value is -2.80. The molecule has 0 spiro atoms. The van der Waals surface area contributed by atoms with Crippen LogP contribution in [0.5, 0.6) is 5.75 Å². The number of amides is 1. The number of carbonyl (C=O) groups excluding carboxylic acids is 1. The molecule has 0 atom stereocenters. The second-order valence-corrected chi connectivity index (χ2v) is 7.95. The molecule has 3 rings (SSSR count). The van der Waals surface area contributed by atoms with E-state index in [4.69, 9.17) is 4.74 Å². The molecule has 2 aromatic carbocycles. The van der Waals surface area contributed by atoms with Crippen molar-refractivity contribution in [1.82, 2.24) is 4.90 Å². The maximum Gasteiger partial charge on any atom is 0.261 e. The third kappa shape index (κ3) is 4.89. The number of benzene rings is 2. The molecule has 7 heteroatoms. The first-order valence-corrected chi connectivity index (χ1v) is 10.2. The van der Waals surface area contributed by atoms with Gasteiger partial charge in [-0.2, -0.15) is 0 Å². The number of carbonyl (C=O) groups is 1. The van der Waals surface area contributed by atoms with Gasteiger partial charge in [0, 0.05) is 24.9 Å². The summed E-state index contributed by atoms with van der Waals surface area (Å²) in [5, 5.41) is 0. The Kier molecular flexibility index (Phi) is 5.81. The lowest BCUT2D eigenvalue weighted by molar-refractivity contribution is -0.124. The summed E-state index contributed by atoms with van der Waals surface area (Å²) in [7, 11) is -2.13. The molecular weight excluding hydrogens is 364 g/mol. The first-order chi connectivity index (χ1) is 13.0. The number of rotatable bonds is 6. The van der Waals surface area contributed by atoms with E-state index in [-0.39, 0.29) is 10.8 Å². The number of sulfonamides is 1. The number of hydrogen-bond acceptors (Lipinski definition) is 4. The zero-order valence-electron chi connectivity index (χ0n) is 15.1. The summed E-state index contributed by atoms with van der Waals surface area (Å²) in [6.07, 6.45) is 5.33. The monoisotopic (exact) mass is 386 g/mol. The van der Waals surface area contributed by atoms with Crippen molar-refractivity contribution in [2.75, 3.05) is 24.9 Å². The summed E-state index contributed by atoms with van der Waals surface area (Å²) in [5.74, 6) is 0.642. The Balaban J connectivity index is 1.66. The van der Waals surface area contributed by atoms with Gasteiger partial charge >= 0.3 is 0 Å². The van der Waals surface area contributed by atoms with Crippen LogP contribution in [0.4, 0.5) is 5.69 Å². The molecule has 0 aromatic heterocycles. The lowest BCUT2D eigenvalue weighted by Crippen LogP contribution is -2.25. The van der Waals surface area contributed by atoms with Crippen LogP contribution in [0.25, 0.3) is 6.08 Å². The SMILES string of the molecule is COc1ccc(NS(=O)(=O)c2ccc(C=CC(=O)N3CCCC3)cc2)cc1. The van der Waals surface area contributed by atoms with Gasteiger partial charge in [-0.1, -0.05) is 12.1 Å². The van der Waals surface area contributed by atoms with Crippen LogP contribution in [0.15, 0.2) is 59.5 Å². The van der Waals surface area contributed by atoms with Gasteiger partial charge in [-0.25, -0.2) is 8.42 Å². The van der Waals surface area contributed by atoms with E-state index in [1.165, 1.54) is 18.2 Å². The van der Waals surface area contributed by atoms with Crippen LogP contribution in [0.1, 0.15) is 18.4 Å². The fraction of sp³-hybridized carbons (Fsp3) is 0.250. The Labute approximate surface area is 159 Å². The molecule has 1 saturated heterocycles. The predicted octanol–water partition coefficient (Wildman–Crippen LogP) is 3.13. The minimum atomic E-state index is -3.68. The van der Waals surface area contributed by atoms with E-state index in [0.717, 1.165) is 31.5 Å². The van der Waals surface area contributed by atoms with Gasteiger partial charge in [0.2, 0.25) is 5.91 Å². The molecule has 1 aliphatic rings. The summed E-state index contributed by atoms with van der Waals surface area (Å²) in [6, 6.07) is 13.0. The predicted molar refractivity (Wildman–Crippen MR) is 105 cm³/mol. The van der Waals surface area contributed by atoms with Crippen molar-refractivity contribution in [1.29, 1.82) is 0 Å². The maximum atomic E-state index is 12.5. The highest BCUT2D eigenvalue weighted by Gasteiger charge is 2.16. The Morgan fingerprint density at radius 2 is 1.67 bits per heavy atom. The summed E-state index contributed by atoms with van der Waals surface area (Å²) in [4.78, 5) is 14.0. The van der Waals surface area contributed by atoms with Gasteiger partial charge in [0.05, 0.1) is 12.0 Å². The van der Waals surface area contributed by atoms with Crippen LogP contribution in [-0.2, 0) is 14.8 Å². The summed E-state index contributed by atoms with van der Waals surface area (Å²) >= 11 is 0. The van der Waals surface area contributed by atoms with Crippen LogP contribution in [-0.4, -0.2) is 39.4 Å². The molecule has 6 nitrogen and oxygen atoms in total. The Morgan fingerprint density at radius 3 is 2.26 bits per heavy atom. The average molecular weight is 386 g/mol. The topological polar surface area (TPSA) is 75.7 Å². The van der Waals surface area contributed by atoms with E-state index in [9.17, 15) is 13.2 Å². The summed E-state index contributed by atoms with van der Waals surface area (Å²) < 4.78 is 32.6. The number of hydrogen-bond donors (Lipinski definition) is 1. The maximum absolute atomic E-state index is 12.5. The normalized spacial score (nSPS) is 14.5. The molecule has 0 radical (unpaired) electrons. The fourth-order valence-electron chi connectivity index (χ4n) is 2.84. The molecular formula is C20H22N2O4S. The lowest BCUT2D eigenvalue weighted by Gasteiger charge is -2.11. The van der Waals surface area contributed by atoms with Crippen molar-refractivity contribution in [3.8, 4) is 5.75 Å². The van der Waals surface area contributed by atoms with Gasteiger partial charge in [-0.15, -0.1) is 0 Å². The number of nitrogens with zero attached hydrogens (tertiary/aromatic N) is 1. The Morgan fingerprint density at radius 1 is 1.04 bits per heavy atom. The molecule has 0 saturated carbocycles. The number of methoxy groups -OCH3 is 1. The van der Waals surface area contributed by atoms with Crippen molar-refractivity contribution in [3.63, 3.8) is 0 Å². The van der Waals surface area contributed by atoms with Gasteiger partial charge in [-0.05, 0) is 60.9 Å². The average Bonchev–Trinajstić information content (AvgIpc) is 3.22. The smallest absolute Gasteiger partial charge is 0.261 e. The standard InChI is InChI=1S/C20H22N2O4S/c1-26-18-9-7-17(8-10-18)21-27(24,25)19-11-4-16(5-12-19)6-13-20(23)22-14-2-3-15-22/h4-13,21H,2-3,14-15H2,1H3. The van der Waals surface area contributed by atoms with E-state index >= 15 is 0 Å². The summed E-state index contributed by atoms with van der Waals surface area (Å²) in [5.41, 5.74) is 1.22. The highest BCUT2D eigenvalue weighted by molar-refractivity contribution is 7.92. The van der Waals surface area contributed by atoms with E-state index in [1.54, 1.807) is 49.6 Å². The van der Waals surface area contributed by atoms with Crippen molar-refractivity contribution in [2.24, 2.45) is 0 Å². The van der Waals surface area contributed by atoms with Crippen LogP contribution in [0, 0.1) is 0 Å². The molecule has 0 unspecified atom stereocenters. The van der Waals surface area contributed by atoms with Gasteiger partial charge in [-0.3, -0.25) is 9.52 Å². The van der Waals surface area contributed by atoms with E-state index in [0.29, 0.717) is 11.4 Å². The van der Waals surface area contributed by atoms with Crippen LogP contribution >= 0.6 is 0 Å². The first-order valence-electron chi connectivity index (χ1n) is 8.72. The highest BCUT2D eigenvalue weighted by Crippen LogP contribution is 2.20. The second-order valence-electron chi connectivity index (χ2n) is 6.27. The van der Waals surface area contributed by atoms with Crippen molar-refractivity contribution < 1.29 is 17.9 Å². The third-order valence-corrected chi connectivity index (χ3v) is 5.77. The summed E-state index contributed by atoms with van der Waals surface area (Å²) in [6.45, 7) is 1.61. The quantitative estimate of drug-likeness (QED) is 0.774. The molecule has 1 amide bonds. The van der Waals surface area contributed by atoms with Gasteiger partial charge in [0.15, 0.2) is 0 Å². The second kappa shape index (κ2) is 8.26. The molecule has 1 heterocycles. The van der Waals surface area contributed by atoms with E-state index < -0.39 is 10.0 Å². The van der Waals surface area contributed by atoms with Crippen molar-refractivity contribution in [2.45, 2.75) is 17.7 Å². The fourth-order valence-corrected chi connectivity index (χ4v) is 3.90. The van der Waals surface area contributed by atoms with E-state index in [1.807, 2.05) is 4.90 Å².